The van der Waals surface area contributed by atoms with Crippen molar-refractivity contribution in [3.05, 3.63) is 70.3 Å². The number of anilines is 1. The van der Waals surface area contributed by atoms with Crippen LogP contribution in [0.25, 0.3) is 0 Å². The third kappa shape index (κ3) is 4.39. The first-order valence-corrected chi connectivity index (χ1v) is 10.2. The van der Waals surface area contributed by atoms with Crippen molar-refractivity contribution < 1.29 is 14.0 Å². The van der Waals surface area contributed by atoms with Crippen molar-refractivity contribution >= 4 is 40.4 Å². The number of nitrogens with one attached hydrogen (secondary N) is 1. The average Bonchev–Trinajstić information content (AvgIpc) is 3.27. The minimum atomic E-state index is -0.525. The third-order valence-corrected chi connectivity index (χ3v) is 5.44. The fourth-order valence-corrected chi connectivity index (χ4v) is 3.39. The number of carbonyl (C=O) groups is 2. The quantitative estimate of drug-likeness (QED) is 0.667. The lowest BCUT2D eigenvalue weighted by Gasteiger charge is -2.22. The van der Waals surface area contributed by atoms with Gasteiger partial charge in [0, 0.05) is 18.8 Å². The van der Waals surface area contributed by atoms with Gasteiger partial charge in [-0.2, -0.15) is 0 Å². The summed E-state index contributed by atoms with van der Waals surface area (Å²) >= 11 is 6.25. The molecule has 0 bridgehead atoms. The normalized spacial score (nSPS) is 15.4. The Balaban J connectivity index is 1.94. The number of furan rings is 1. The smallest absolute Gasteiger partial charge is 0.291 e. The van der Waals surface area contributed by atoms with Crippen LogP contribution in [-0.4, -0.2) is 30.5 Å². The molecule has 2 aromatic rings. The highest BCUT2D eigenvalue weighted by Crippen LogP contribution is 2.28. The number of carbonyl (C=O) groups excluding carboxylic acids is 2. The lowest BCUT2D eigenvalue weighted by atomic mass is 10.0. The molecule has 1 N–H and O–H groups in total. The van der Waals surface area contributed by atoms with E-state index in [1.54, 1.807) is 19.1 Å². The van der Waals surface area contributed by atoms with Crippen molar-refractivity contribution in [3.8, 4) is 0 Å². The predicted octanol–water partition coefficient (Wildman–Crippen LogP) is 4.92. The van der Waals surface area contributed by atoms with Crippen molar-refractivity contribution in [2.24, 2.45) is 4.99 Å². The summed E-state index contributed by atoms with van der Waals surface area (Å²) in [7, 11) is 0. The van der Waals surface area contributed by atoms with Gasteiger partial charge in [-0.1, -0.05) is 11.6 Å². The minimum absolute atomic E-state index is 0.0309. The highest BCUT2D eigenvalue weighted by Gasteiger charge is 2.26. The first-order chi connectivity index (χ1) is 14.3. The van der Waals surface area contributed by atoms with Crippen molar-refractivity contribution in [3.63, 3.8) is 0 Å². The van der Waals surface area contributed by atoms with Crippen LogP contribution in [0, 0.1) is 6.92 Å². The molecule has 0 saturated carbocycles. The first-order valence-electron chi connectivity index (χ1n) is 9.78. The summed E-state index contributed by atoms with van der Waals surface area (Å²) in [5.74, 6) is -0.878. The fourth-order valence-electron chi connectivity index (χ4n) is 3.19. The number of hydrogen-bond donors (Lipinski definition) is 1. The Hall–Kier alpha value is -3.12. The van der Waals surface area contributed by atoms with Gasteiger partial charge in [-0.25, -0.2) is 4.99 Å². The molecule has 6 nitrogen and oxygen atoms in total. The maximum Gasteiger partial charge on any atom is 0.291 e. The zero-order valence-corrected chi connectivity index (χ0v) is 18.2. The Morgan fingerprint density at radius 2 is 1.93 bits per heavy atom. The Morgan fingerprint density at radius 1 is 1.20 bits per heavy atom. The zero-order valence-electron chi connectivity index (χ0n) is 17.5. The summed E-state index contributed by atoms with van der Waals surface area (Å²) in [4.78, 5) is 31.8. The van der Waals surface area contributed by atoms with E-state index in [4.69, 9.17) is 21.0 Å². The van der Waals surface area contributed by atoms with E-state index < -0.39 is 11.7 Å². The van der Waals surface area contributed by atoms with Crippen LogP contribution in [0.4, 0.5) is 11.4 Å². The highest BCUT2D eigenvalue weighted by molar-refractivity contribution is 6.49. The van der Waals surface area contributed by atoms with Crippen LogP contribution in [0.15, 0.2) is 68.4 Å². The summed E-state index contributed by atoms with van der Waals surface area (Å²) < 4.78 is 5.08. The molecule has 30 heavy (non-hydrogen) atoms. The molecule has 0 atom stereocenters. The van der Waals surface area contributed by atoms with Gasteiger partial charge in [-0.15, -0.1) is 0 Å². The van der Waals surface area contributed by atoms with Crippen LogP contribution in [-0.2, 0) is 4.79 Å². The molecule has 1 aromatic heterocycles. The number of ketones is 1. The Bertz CT molecular complexity index is 1060. The number of aliphatic imine (C=N–C) groups is 1. The largest absolute Gasteiger partial charge is 0.459 e. The standard InChI is InChI=1S/C23H24ClN3O3/c1-5-27(6-2)16-9-10-17(14(3)12-16)25-18-13-19(22(28)21(24)15(18)4)26-23(29)20-8-7-11-30-20/h7-13H,5-6H2,1-4H3,(H,26,29). The van der Waals surface area contributed by atoms with Crippen LogP contribution >= 0.6 is 11.6 Å². The van der Waals surface area contributed by atoms with Gasteiger partial charge in [0.05, 0.1) is 28.4 Å². The molecule has 1 heterocycles. The number of nitrogens with zero attached hydrogens (tertiary/aromatic N) is 2. The summed E-state index contributed by atoms with van der Waals surface area (Å²) in [5, 5.41) is 2.60. The number of halogens is 1. The molecule has 0 aliphatic heterocycles. The zero-order chi connectivity index (χ0) is 21.8. The average molecular weight is 426 g/mol. The van der Waals surface area contributed by atoms with Crippen LogP contribution in [0.5, 0.6) is 0 Å². The van der Waals surface area contributed by atoms with Crippen LogP contribution in [0.2, 0.25) is 0 Å². The molecule has 0 radical (unpaired) electrons. The van der Waals surface area contributed by atoms with Crippen LogP contribution in [0.1, 0.15) is 36.9 Å². The number of benzene rings is 1. The second kappa shape index (κ2) is 9.13. The van der Waals surface area contributed by atoms with Gasteiger partial charge in [0.2, 0.25) is 5.78 Å². The molecule has 1 aromatic carbocycles. The van der Waals surface area contributed by atoms with Crippen molar-refractivity contribution in [2.75, 3.05) is 18.0 Å². The number of Topliss-reactive ketones (excluding diaryl/α,β-unsaturated/α-hetero) is 1. The molecule has 0 fully saturated rings. The van der Waals surface area contributed by atoms with Gasteiger partial charge in [-0.05, 0) is 75.2 Å². The summed E-state index contributed by atoms with van der Waals surface area (Å²) in [5.41, 5.74) is 4.04. The fraction of sp³-hybridized carbons (Fsp3) is 0.261. The number of rotatable bonds is 6. The van der Waals surface area contributed by atoms with Gasteiger partial charge in [0.1, 0.15) is 0 Å². The second-order valence-corrected chi connectivity index (χ2v) is 7.28. The Morgan fingerprint density at radius 3 is 2.53 bits per heavy atom. The lowest BCUT2D eigenvalue weighted by Crippen LogP contribution is -2.30. The molecule has 0 spiro atoms. The molecule has 1 amide bonds. The van der Waals surface area contributed by atoms with Gasteiger partial charge in [0.25, 0.3) is 5.91 Å². The predicted molar refractivity (Wildman–Crippen MR) is 120 cm³/mol. The van der Waals surface area contributed by atoms with Gasteiger partial charge in [0.15, 0.2) is 5.76 Å². The van der Waals surface area contributed by atoms with Gasteiger partial charge >= 0.3 is 0 Å². The van der Waals surface area contributed by atoms with E-state index in [-0.39, 0.29) is 16.5 Å². The van der Waals surface area contributed by atoms with Gasteiger partial charge in [-0.3, -0.25) is 9.59 Å². The molecular weight excluding hydrogens is 402 g/mol. The van der Waals surface area contributed by atoms with E-state index in [0.29, 0.717) is 11.3 Å². The summed E-state index contributed by atoms with van der Waals surface area (Å²) in [6.07, 6.45) is 2.93. The summed E-state index contributed by atoms with van der Waals surface area (Å²) in [6.45, 7) is 9.80. The van der Waals surface area contributed by atoms with E-state index in [1.807, 2.05) is 19.1 Å². The molecule has 1 aliphatic carbocycles. The highest BCUT2D eigenvalue weighted by atomic mass is 35.5. The number of aryl methyl sites for hydroxylation is 1. The second-order valence-electron chi connectivity index (χ2n) is 6.90. The van der Waals surface area contributed by atoms with Crippen molar-refractivity contribution in [1.29, 1.82) is 0 Å². The van der Waals surface area contributed by atoms with E-state index >= 15 is 0 Å². The number of hydrogen-bond acceptors (Lipinski definition) is 5. The van der Waals surface area contributed by atoms with E-state index in [0.717, 1.165) is 30.0 Å². The minimum Gasteiger partial charge on any atom is -0.459 e. The molecule has 0 unspecified atom stereocenters. The molecule has 3 rings (SSSR count). The van der Waals surface area contributed by atoms with Crippen molar-refractivity contribution in [1.82, 2.24) is 5.32 Å². The topological polar surface area (TPSA) is 74.9 Å². The molecule has 7 heteroatoms. The third-order valence-electron chi connectivity index (χ3n) is 4.98. The van der Waals surface area contributed by atoms with Crippen LogP contribution < -0.4 is 10.2 Å². The van der Waals surface area contributed by atoms with Crippen molar-refractivity contribution in [2.45, 2.75) is 27.7 Å². The molecule has 156 valence electrons. The summed E-state index contributed by atoms with van der Waals surface area (Å²) in [6, 6.07) is 9.17. The number of amides is 1. The molecule has 0 saturated heterocycles. The Kier molecular flexibility index (Phi) is 6.57. The molecular formula is C23H24ClN3O3. The first kappa shape index (κ1) is 21.6. The maximum atomic E-state index is 12.5. The van der Waals surface area contributed by atoms with Crippen LogP contribution in [0.3, 0.4) is 0 Å². The molecule has 1 aliphatic rings. The lowest BCUT2D eigenvalue weighted by molar-refractivity contribution is -0.112. The monoisotopic (exact) mass is 425 g/mol. The number of allylic oxidation sites excluding steroid dienone is 3. The maximum absolute atomic E-state index is 12.5. The Labute approximate surface area is 180 Å². The van der Waals surface area contributed by atoms with E-state index in [1.165, 1.54) is 12.3 Å². The van der Waals surface area contributed by atoms with E-state index in [2.05, 4.69) is 30.1 Å². The SMILES string of the molecule is CCN(CC)c1ccc(N=C2C=C(NC(=O)c3ccco3)C(=O)C(Cl)=C2C)c(C)c1. The van der Waals surface area contributed by atoms with E-state index in [9.17, 15) is 9.59 Å². The van der Waals surface area contributed by atoms with Gasteiger partial charge < -0.3 is 14.6 Å².